The van der Waals surface area contributed by atoms with Crippen LogP contribution in [-0.4, -0.2) is 46.5 Å². The molecule has 1 amide bonds. The highest BCUT2D eigenvalue weighted by Crippen LogP contribution is 2.39. The van der Waals surface area contributed by atoms with E-state index < -0.39 is 28.9 Å². The number of pyridine rings is 1. The highest BCUT2D eigenvalue weighted by atomic mass is 19.1. The van der Waals surface area contributed by atoms with E-state index in [-0.39, 0.29) is 34.5 Å². The van der Waals surface area contributed by atoms with Gasteiger partial charge in [0.15, 0.2) is 0 Å². The van der Waals surface area contributed by atoms with Gasteiger partial charge in [0.25, 0.3) is 0 Å². The van der Waals surface area contributed by atoms with E-state index in [1.807, 2.05) is 16.4 Å². The number of nitrogens with zero attached hydrogens (tertiary/aromatic N) is 2. The molecule has 1 aromatic heterocycles. The number of aromatic carboxylic acids is 1. The lowest BCUT2D eigenvalue weighted by Gasteiger charge is -2.26. The van der Waals surface area contributed by atoms with Crippen LogP contribution in [-0.2, 0) is 4.74 Å². The Labute approximate surface area is 197 Å². The lowest BCUT2D eigenvalue weighted by atomic mass is 10.0. The summed E-state index contributed by atoms with van der Waals surface area (Å²) in [4.78, 5) is 38.6. The van der Waals surface area contributed by atoms with Crippen molar-refractivity contribution in [2.24, 2.45) is 5.92 Å². The van der Waals surface area contributed by atoms with Gasteiger partial charge >= 0.3 is 12.1 Å². The zero-order valence-corrected chi connectivity index (χ0v) is 20.3. The number of fused-ring (bicyclic) bond motifs is 1. The molecular weight excluding hydrogens is 441 g/mol. The summed E-state index contributed by atoms with van der Waals surface area (Å²) in [6.07, 6.45) is 3.46. The van der Waals surface area contributed by atoms with E-state index in [2.05, 4.69) is 5.32 Å². The molecule has 1 saturated heterocycles. The second-order valence-corrected chi connectivity index (χ2v) is 10.5. The number of carbonyl (C=O) groups is 2. The SMILES string of the molecule is Cc1c(F)c(N2CCC(C(C)NC(=O)OC(C)(C)C)C2)cc2c1c(=O)c(C(=O)O)cn2C1CC1. The van der Waals surface area contributed by atoms with Crippen LogP contribution in [0.2, 0.25) is 0 Å². The minimum absolute atomic E-state index is 0.0999. The summed E-state index contributed by atoms with van der Waals surface area (Å²) in [5.74, 6) is -1.72. The third kappa shape index (κ3) is 4.60. The van der Waals surface area contributed by atoms with Crippen molar-refractivity contribution in [3.63, 3.8) is 0 Å². The van der Waals surface area contributed by atoms with Crippen LogP contribution in [0, 0.1) is 18.7 Å². The largest absolute Gasteiger partial charge is 0.477 e. The number of aromatic nitrogens is 1. The number of hydrogen-bond donors (Lipinski definition) is 2. The van der Waals surface area contributed by atoms with Crippen LogP contribution in [0.15, 0.2) is 17.1 Å². The van der Waals surface area contributed by atoms with Gasteiger partial charge in [0.05, 0.1) is 16.6 Å². The Morgan fingerprint density at radius 1 is 1.26 bits per heavy atom. The average Bonchev–Trinajstić information content (AvgIpc) is 3.44. The standard InChI is InChI=1S/C25H32FN3O5/c1-13-20-18(29(16-6-7-16)12-17(22(20)30)23(31)32)10-19(21(13)26)28-9-8-15(11-28)14(2)27-24(33)34-25(3,4)5/h10,12,14-16H,6-9,11H2,1-5H3,(H,27,33)(H,31,32). The highest BCUT2D eigenvalue weighted by molar-refractivity contribution is 5.95. The van der Waals surface area contributed by atoms with Crippen molar-refractivity contribution in [2.45, 2.75) is 71.6 Å². The van der Waals surface area contributed by atoms with Gasteiger partial charge in [0, 0.05) is 36.9 Å². The zero-order valence-electron chi connectivity index (χ0n) is 20.3. The first-order valence-corrected chi connectivity index (χ1v) is 11.7. The normalized spacial score (nSPS) is 19.4. The number of anilines is 1. The second kappa shape index (κ2) is 8.60. The third-order valence-electron chi connectivity index (χ3n) is 6.66. The molecule has 184 valence electrons. The van der Waals surface area contributed by atoms with Crippen LogP contribution in [0.5, 0.6) is 0 Å². The van der Waals surface area contributed by atoms with Gasteiger partial charge in [0.2, 0.25) is 5.43 Å². The number of carboxylic acid groups (broad SMARTS) is 1. The Balaban J connectivity index is 1.64. The predicted molar refractivity (Wildman–Crippen MR) is 127 cm³/mol. The lowest BCUT2D eigenvalue weighted by molar-refractivity contribution is 0.0494. The van der Waals surface area contributed by atoms with Crippen molar-refractivity contribution in [1.29, 1.82) is 0 Å². The van der Waals surface area contributed by atoms with E-state index in [0.717, 1.165) is 19.3 Å². The number of benzene rings is 1. The molecule has 8 nitrogen and oxygen atoms in total. The minimum Gasteiger partial charge on any atom is -0.477 e. The van der Waals surface area contributed by atoms with Gasteiger partial charge in [-0.25, -0.2) is 14.0 Å². The number of amides is 1. The average molecular weight is 474 g/mol. The summed E-state index contributed by atoms with van der Waals surface area (Å²) in [6, 6.07) is 1.63. The van der Waals surface area contributed by atoms with Crippen LogP contribution < -0.4 is 15.6 Å². The van der Waals surface area contributed by atoms with Crippen molar-refractivity contribution in [3.8, 4) is 0 Å². The molecule has 1 saturated carbocycles. The number of alkyl carbamates (subject to hydrolysis) is 1. The Hall–Kier alpha value is -3.10. The molecule has 34 heavy (non-hydrogen) atoms. The van der Waals surface area contributed by atoms with E-state index in [1.165, 1.54) is 13.1 Å². The molecule has 1 aliphatic heterocycles. The van der Waals surface area contributed by atoms with Crippen LogP contribution in [0.3, 0.4) is 0 Å². The summed E-state index contributed by atoms with van der Waals surface area (Å²) in [6.45, 7) is 10.0. The Bertz CT molecular complexity index is 1210. The Morgan fingerprint density at radius 2 is 1.94 bits per heavy atom. The number of hydrogen-bond acceptors (Lipinski definition) is 5. The number of carboxylic acids is 1. The maximum absolute atomic E-state index is 15.5. The van der Waals surface area contributed by atoms with Gasteiger partial charge < -0.3 is 24.6 Å². The monoisotopic (exact) mass is 473 g/mol. The topological polar surface area (TPSA) is 101 Å². The number of nitrogens with one attached hydrogen (secondary N) is 1. The van der Waals surface area contributed by atoms with Gasteiger partial charge in [-0.15, -0.1) is 0 Å². The van der Waals surface area contributed by atoms with Crippen molar-refractivity contribution in [3.05, 3.63) is 39.4 Å². The van der Waals surface area contributed by atoms with Crippen molar-refractivity contribution >= 4 is 28.7 Å². The van der Waals surface area contributed by atoms with Gasteiger partial charge in [-0.3, -0.25) is 4.79 Å². The molecule has 2 unspecified atom stereocenters. The smallest absolute Gasteiger partial charge is 0.407 e. The van der Waals surface area contributed by atoms with Gasteiger partial charge in [0.1, 0.15) is 17.0 Å². The highest BCUT2D eigenvalue weighted by Gasteiger charge is 2.33. The first kappa shape index (κ1) is 24.0. The maximum Gasteiger partial charge on any atom is 0.407 e. The molecule has 2 fully saturated rings. The van der Waals surface area contributed by atoms with Crippen LogP contribution in [0.1, 0.15) is 68.9 Å². The molecule has 4 rings (SSSR count). The molecule has 2 aromatic rings. The zero-order chi connectivity index (χ0) is 24.9. The predicted octanol–water partition coefficient (Wildman–Crippen LogP) is 4.22. The second-order valence-electron chi connectivity index (χ2n) is 10.5. The number of aryl methyl sites for hydroxylation is 1. The molecule has 2 aliphatic rings. The summed E-state index contributed by atoms with van der Waals surface area (Å²) in [5, 5.41) is 12.5. The van der Waals surface area contributed by atoms with Crippen molar-refractivity contribution < 1.29 is 23.8 Å². The molecule has 0 spiro atoms. The van der Waals surface area contributed by atoms with Crippen LogP contribution in [0.4, 0.5) is 14.9 Å². The number of carbonyl (C=O) groups excluding carboxylic acids is 1. The summed E-state index contributed by atoms with van der Waals surface area (Å²) >= 11 is 0. The first-order valence-electron chi connectivity index (χ1n) is 11.7. The van der Waals surface area contributed by atoms with Gasteiger partial charge in [-0.1, -0.05) is 0 Å². The molecule has 2 atom stereocenters. The van der Waals surface area contributed by atoms with E-state index in [1.54, 1.807) is 26.8 Å². The molecular formula is C25H32FN3O5. The molecule has 9 heteroatoms. The van der Waals surface area contributed by atoms with Crippen LogP contribution >= 0.6 is 0 Å². The van der Waals surface area contributed by atoms with E-state index in [4.69, 9.17) is 4.74 Å². The molecule has 1 aliphatic carbocycles. The van der Waals surface area contributed by atoms with Crippen LogP contribution in [0.25, 0.3) is 10.9 Å². The van der Waals surface area contributed by atoms with Crippen molar-refractivity contribution in [2.75, 3.05) is 18.0 Å². The molecule has 2 N–H and O–H groups in total. The third-order valence-corrected chi connectivity index (χ3v) is 6.66. The number of ether oxygens (including phenoxy) is 1. The fourth-order valence-corrected chi connectivity index (χ4v) is 4.71. The molecule has 2 heterocycles. The van der Waals surface area contributed by atoms with Crippen molar-refractivity contribution in [1.82, 2.24) is 9.88 Å². The van der Waals surface area contributed by atoms with E-state index in [0.29, 0.717) is 24.3 Å². The molecule has 1 aromatic carbocycles. The lowest BCUT2D eigenvalue weighted by Crippen LogP contribution is -2.42. The van der Waals surface area contributed by atoms with E-state index >= 15 is 4.39 Å². The summed E-state index contributed by atoms with van der Waals surface area (Å²) in [5.41, 5.74) is -0.452. The fourth-order valence-electron chi connectivity index (χ4n) is 4.71. The summed E-state index contributed by atoms with van der Waals surface area (Å²) in [7, 11) is 0. The Kier molecular flexibility index (Phi) is 6.08. The fraction of sp³-hybridized carbons (Fsp3) is 0.560. The maximum atomic E-state index is 15.5. The molecule has 0 bridgehead atoms. The molecule has 0 radical (unpaired) electrons. The van der Waals surface area contributed by atoms with Gasteiger partial charge in [-0.2, -0.15) is 0 Å². The first-order chi connectivity index (χ1) is 15.9. The van der Waals surface area contributed by atoms with E-state index in [9.17, 15) is 19.5 Å². The minimum atomic E-state index is -1.31. The number of halogens is 1. The van der Waals surface area contributed by atoms with Gasteiger partial charge in [-0.05, 0) is 65.9 Å². The quantitative estimate of drug-likeness (QED) is 0.674. The summed E-state index contributed by atoms with van der Waals surface area (Å²) < 4.78 is 22.7. The Morgan fingerprint density at radius 3 is 2.53 bits per heavy atom. The number of rotatable bonds is 5.